The minimum atomic E-state index is 0. The van der Waals surface area contributed by atoms with E-state index in [4.69, 9.17) is 9.73 Å². The van der Waals surface area contributed by atoms with Gasteiger partial charge >= 0.3 is 0 Å². The molecule has 1 N–H and O–H groups in total. The smallest absolute Gasteiger partial charge is 0.213 e. The Labute approximate surface area is 179 Å². The Morgan fingerprint density at radius 1 is 1.26 bits per heavy atom. The Kier molecular flexibility index (Phi) is 8.84. The number of hydrogen-bond acceptors (Lipinski definition) is 3. The van der Waals surface area contributed by atoms with Gasteiger partial charge in [-0.3, -0.25) is 0 Å². The van der Waals surface area contributed by atoms with Crippen LogP contribution in [0.4, 0.5) is 0 Å². The van der Waals surface area contributed by atoms with Crippen molar-refractivity contribution in [3.63, 3.8) is 0 Å². The number of aromatic nitrogens is 1. The van der Waals surface area contributed by atoms with Crippen LogP contribution in [0.2, 0.25) is 0 Å². The van der Waals surface area contributed by atoms with E-state index < -0.39 is 0 Å². The first-order valence-electron chi connectivity index (χ1n) is 9.34. The predicted octanol–water partition coefficient (Wildman–Crippen LogP) is 3.74. The summed E-state index contributed by atoms with van der Waals surface area (Å²) in [6.07, 6.45) is 4.11. The Morgan fingerprint density at radius 2 is 2.07 bits per heavy atom. The third-order valence-electron chi connectivity index (χ3n) is 4.71. The van der Waals surface area contributed by atoms with Crippen LogP contribution < -0.4 is 10.1 Å². The minimum Gasteiger partial charge on any atom is -0.481 e. The van der Waals surface area contributed by atoms with Crippen LogP contribution in [0.15, 0.2) is 53.7 Å². The number of rotatable bonds is 6. The number of guanidine groups is 1. The van der Waals surface area contributed by atoms with E-state index in [0.29, 0.717) is 18.3 Å². The van der Waals surface area contributed by atoms with Gasteiger partial charge in [0, 0.05) is 31.9 Å². The van der Waals surface area contributed by atoms with E-state index in [1.807, 2.05) is 12.1 Å². The maximum atomic E-state index is 5.19. The van der Waals surface area contributed by atoms with Crippen molar-refractivity contribution in [2.45, 2.75) is 26.3 Å². The lowest BCUT2D eigenvalue weighted by Gasteiger charge is -2.21. The second kappa shape index (κ2) is 11.1. The zero-order valence-corrected chi connectivity index (χ0v) is 18.4. The molecule has 1 saturated heterocycles. The minimum absolute atomic E-state index is 0. The van der Waals surface area contributed by atoms with Gasteiger partial charge in [-0.15, -0.1) is 24.0 Å². The number of benzene rings is 1. The highest BCUT2D eigenvalue weighted by Crippen LogP contribution is 2.21. The van der Waals surface area contributed by atoms with Gasteiger partial charge in [-0.25, -0.2) is 9.98 Å². The molecule has 5 nitrogen and oxygen atoms in total. The molecule has 1 aliphatic rings. The third-order valence-corrected chi connectivity index (χ3v) is 4.71. The molecule has 1 aliphatic heterocycles. The molecule has 0 radical (unpaired) electrons. The molecule has 146 valence electrons. The lowest BCUT2D eigenvalue weighted by atomic mass is 9.99. The lowest BCUT2D eigenvalue weighted by molar-refractivity contribution is 0.397. The van der Waals surface area contributed by atoms with Gasteiger partial charge in [-0.2, -0.15) is 0 Å². The Balaban J connectivity index is 0.00000261. The molecule has 0 saturated carbocycles. The van der Waals surface area contributed by atoms with Gasteiger partial charge < -0.3 is 15.0 Å². The molecule has 6 heteroatoms. The standard InChI is InChI=1S/C21H28N4O.HI/c1-3-22-21(24-15-18-9-11-23-20(14-18)26-2)25-12-10-19(16-25)13-17-7-5-4-6-8-17;/h4-9,11,14,19H,3,10,12-13,15-16H2,1-2H3,(H,22,24);1H. The molecule has 0 bridgehead atoms. The van der Waals surface area contributed by atoms with Gasteiger partial charge in [-0.05, 0) is 42.9 Å². The number of aliphatic imine (C=N–C) groups is 1. The van der Waals surface area contributed by atoms with Crippen molar-refractivity contribution in [3.8, 4) is 5.88 Å². The zero-order valence-electron chi connectivity index (χ0n) is 16.1. The zero-order chi connectivity index (χ0) is 18.2. The Bertz CT molecular complexity index is 723. The molecule has 1 fully saturated rings. The van der Waals surface area contributed by atoms with Crippen molar-refractivity contribution >= 4 is 29.9 Å². The molecule has 3 rings (SSSR count). The first-order valence-corrected chi connectivity index (χ1v) is 9.34. The average molecular weight is 480 g/mol. The van der Waals surface area contributed by atoms with Crippen LogP contribution in [0, 0.1) is 5.92 Å². The van der Waals surface area contributed by atoms with Crippen molar-refractivity contribution in [3.05, 3.63) is 59.8 Å². The Hall–Kier alpha value is -1.83. The molecule has 1 atom stereocenters. The van der Waals surface area contributed by atoms with Gasteiger partial charge in [0.25, 0.3) is 0 Å². The van der Waals surface area contributed by atoms with Crippen molar-refractivity contribution in [2.24, 2.45) is 10.9 Å². The van der Waals surface area contributed by atoms with Crippen molar-refractivity contribution in [2.75, 3.05) is 26.7 Å². The Morgan fingerprint density at radius 3 is 2.81 bits per heavy atom. The number of methoxy groups -OCH3 is 1. The summed E-state index contributed by atoms with van der Waals surface area (Å²) in [5.41, 5.74) is 2.53. The van der Waals surface area contributed by atoms with Gasteiger partial charge in [-0.1, -0.05) is 30.3 Å². The first kappa shape index (κ1) is 21.5. The van der Waals surface area contributed by atoms with Crippen LogP contribution in [-0.4, -0.2) is 42.6 Å². The van der Waals surface area contributed by atoms with E-state index in [1.165, 1.54) is 12.0 Å². The van der Waals surface area contributed by atoms with Crippen LogP contribution in [0.3, 0.4) is 0 Å². The first-order chi connectivity index (χ1) is 12.8. The summed E-state index contributed by atoms with van der Waals surface area (Å²) < 4.78 is 5.19. The molecule has 0 aliphatic carbocycles. The maximum absolute atomic E-state index is 5.19. The number of ether oxygens (including phenoxy) is 1. The summed E-state index contributed by atoms with van der Waals surface area (Å²) in [6, 6.07) is 14.7. The van der Waals surface area contributed by atoms with Crippen LogP contribution in [0.1, 0.15) is 24.5 Å². The van der Waals surface area contributed by atoms with Gasteiger partial charge in [0.15, 0.2) is 5.96 Å². The molecule has 0 amide bonds. The lowest BCUT2D eigenvalue weighted by Crippen LogP contribution is -2.40. The van der Waals surface area contributed by atoms with E-state index in [1.54, 1.807) is 13.3 Å². The molecule has 1 aromatic heterocycles. The molecular formula is C21H29IN4O. The monoisotopic (exact) mass is 480 g/mol. The summed E-state index contributed by atoms with van der Waals surface area (Å²) in [4.78, 5) is 11.4. The fraction of sp³-hybridized carbons (Fsp3) is 0.429. The molecule has 27 heavy (non-hydrogen) atoms. The second-order valence-corrected chi connectivity index (χ2v) is 6.67. The second-order valence-electron chi connectivity index (χ2n) is 6.67. The summed E-state index contributed by atoms with van der Waals surface area (Å²) in [5.74, 6) is 2.31. The van der Waals surface area contributed by atoms with Gasteiger partial charge in [0.2, 0.25) is 5.88 Å². The fourth-order valence-electron chi connectivity index (χ4n) is 3.39. The molecule has 1 aromatic carbocycles. The summed E-state index contributed by atoms with van der Waals surface area (Å²) in [7, 11) is 1.64. The maximum Gasteiger partial charge on any atom is 0.213 e. The number of likely N-dealkylation sites (tertiary alicyclic amines) is 1. The topological polar surface area (TPSA) is 49.8 Å². The van der Waals surface area contributed by atoms with E-state index in [0.717, 1.165) is 37.6 Å². The van der Waals surface area contributed by atoms with Crippen LogP contribution in [-0.2, 0) is 13.0 Å². The van der Waals surface area contributed by atoms with E-state index in [9.17, 15) is 0 Å². The van der Waals surface area contributed by atoms with Crippen molar-refractivity contribution in [1.82, 2.24) is 15.2 Å². The summed E-state index contributed by atoms with van der Waals surface area (Å²) >= 11 is 0. The van der Waals surface area contributed by atoms with Crippen LogP contribution in [0.25, 0.3) is 0 Å². The third kappa shape index (κ3) is 6.37. The summed E-state index contributed by atoms with van der Waals surface area (Å²) in [5, 5.41) is 3.44. The highest BCUT2D eigenvalue weighted by atomic mass is 127. The predicted molar refractivity (Wildman–Crippen MR) is 121 cm³/mol. The largest absolute Gasteiger partial charge is 0.481 e. The van der Waals surface area contributed by atoms with Gasteiger partial charge in [0.05, 0.1) is 13.7 Å². The average Bonchev–Trinajstić information content (AvgIpc) is 3.14. The van der Waals surface area contributed by atoms with Crippen LogP contribution in [0.5, 0.6) is 5.88 Å². The fourth-order valence-corrected chi connectivity index (χ4v) is 3.39. The molecule has 1 unspecified atom stereocenters. The number of halogens is 1. The van der Waals surface area contributed by atoms with Crippen molar-refractivity contribution in [1.29, 1.82) is 0 Å². The van der Waals surface area contributed by atoms with E-state index in [-0.39, 0.29) is 24.0 Å². The quantitative estimate of drug-likeness (QED) is 0.389. The molecule has 2 aromatic rings. The van der Waals surface area contributed by atoms with E-state index >= 15 is 0 Å². The van der Waals surface area contributed by atoms with Crippen LogP contribution >= 0.6 is 24.0 Å². The number of nitrogens with one attached hydrogen (secondary N) is 1. The molecular weight excluding hydrogens is 451 g/mol. The number of pyridine rings is 1. The molecule has 2 heterocycles. The summed E-state index contributed by atoms with van der Waals surface area (Å²) in [6.45, 7) is 5.73. The normalized spacial score (nSPS) is 16.7. The number of hydrogen-bond donors (Lipinski definition) is 1. The van der Waals surface area contributed by atoms with Gasteiger partial charge in [0.1, 0.15) is 0 Å². The SMILES string of the molecule is CCNC(=NCc1ccnc(OC)c1)N1CCC(Cc2ccccc2)C1.I. The number of nitrogens with zero attached hydrogens (tertiary/aromatic N) is 3. The highest BCUT2D eigenvalue weighted by molar-refractivity contribution is 14.0. The highest BCUT2D eigenvalue weighted by Gasteiger charge is 2.24. The van der Waals surface area contributed by atoms with Crippen molar-refractivity contribution < 1.29 is 4.74 Å². The van der Waals surface area contributed by atoms with E-state index in [2.05, 4.69) is 52.5 Å². The molecule has 0 spiro atoms.